The van der Waals surface area contributed by atoms with Gasteiger partial charge in [0.25, 0.3) is 0 Å². The van der Waals surface area contributed by atoms with E-state index in [4.69, 9.17) is 18.9 Å². The molecule has 0 radical (unpaired) electrons. The van der Waals surface area contributed by atoms with Gasteiger partial charge in [-0.3, -0.25) is 0 Å². The lowest BCUT2D eigenvalue weighted by Gasteiger charge is -2.26. The molecule has 37 heavy (non-hydrogen) atoms. The van der Waals surface area contributed by atoms with E-state index in [1.54, 1.807) is 6.08 Å². The van der Waals surface area contributed by atoms with E-state index in [0.717, 1.165) is 28.5 Å². The van der Waals surface area contributed by atoms with Crippen LogP contribution >= 0.6 is 0 Å². The highest BCUT2D eigenvalue weighted by molar-refractivity contribution is 5.98. The molecule has 1 N–H and O–H groups in total. The van der Waals surface area contributed by atoms with Gasteiger partial charge in [0, 0.05) is 46.0 Å². The molecular weight excluding hydrogens is 476 g/mol. The van der Waals surface area contributed by atoms with E-state index in [0.29, 0.717) is 36.3 Å². The Kier molecular flexibility index (Phi) is 9.49. The molecule has 1 aliphatic carbocycles. The van der Waals surface area contributed by atoms with Crippen LogP contribution in [0.25, 0.3) is 10.8 Å². The Labute approximate surface area is 216 Å². The zero-order valence-corrected chi connectivity index (χ0v) is 21.2. The highest BCUT2D eigenvalue weighted by atomic mass is 16.6. The van der Waals surface area contributed by atoms with Crippen molar-refractivity contribution in [3.05, 3.63) is 72.4 Å². The Morgan fingerprint density at radius 3 is 1.81 bits per heavy atom. The summed E-state index contributed by atoms with van der Waals surface area (Å²) < 4.78 is 23.2. The van der Waals surface area contributed by atoms with Gasteiger partial charge in [-0.05, 0) is 19.3 Å². The van der Waals surface area contributed by atoms with Crippen LogP contribution in [-0.2, 0) is 36.7 Å². The van der Waals surface area contributed by atoms with Crippen molar-refractivity contribution in [1.82, 2.24) is 0 Å². The number of carbonyl (C=O) groups excluding carboxylic acids is 2. The standard InChI is InChI=1S/C29H32O8/c1-5-19(36-25(30)7-3)16-34-27-21-11-9-10-12-22(21)28(35-17-20(6-2)37-26(31)8-4)24-15-18(29(32)33)13-14-23(24)27/h7-13,19-20H,3-6,14-17H2,1-2H3,(H,32,33). The normalized spacial score (nSPS) is 13.9. The molecule has 0 fully saturated rings. The van der Waals surface area contributed by atoms with Crippen molar-refractivity contribution in [2.75, 3.05) is 13.2 Å². The Balaban J connectivity index is 2.04. The van der Waals surface area contributed by atoms with Gasteiger partial charge in [-0.25, -0.2) is 14.4 Å². The lowest BCUT2D eigenvalue weighted by Crippen LogP contribution is -2.25. The van der Waals surface area contributed by atoms with Crippen molar-refractivity contribution in [1.29, 1.82) is 0 Å². The fraction of sp³-hybridized carbons (Fsp3) is 0.345. The molecule has 0 amide bonds. The molecule has 0 bridgehead atoms. The van der Waals surface area contributed by atoms with E-state index in [1.807, 2.05) is 38.1 Å². The van der Waals surface area contributed by atoms with E-state index in [9.17, 15) is 19.5 Å². The smallest absolute Gasteiger partial charge is 0.331 e. The first-order valence-corrected chi connectivity index (χ1v) is 12.2. The zero-order chi connectivity index (χ0) is 26.9. The van der Waals surface area contributed by atoms with E-state index in [2.05, 4.69) is 13.2 Å². The average molecular weight is 509 g/mol. The maximum atomic E-state index is 11.8. The number of aliphatic carboxylic acids is 1. The van der Waals surface area contributed by atoms with Crippen molar-refractivity contribution >= 4 is 28.7 Å². The van der Waals surface area contributed by atoms with Crippen molar-refractivity contribution in [3.8, 4) is 11.5 Å². The number of allylic oxidation sites excluding steroid dienone is 1. The van der Waals surface area contributed by atoms with Crippen LogP contribution in [0.3, 0.4) is 0 Å². The van der Waals surface area contributed by atoms with Crippen LogP contribution in [0.4, 0.5) is 0 Å². The minimum absolute atomic E-state index is 0.0915. The van der Waals surface area contributed by atoms with Crippen LogP contribution in [0, 0.1) is 0 Å². The minimum Gasteiger partial charge on any atom is -0.489 e. The number of hydrogen-bond donors (Lipinski definition) is 1. The lowest BCUT2D eigenvalue weighted by atomic mass is 9.87. The van der Waals surface area contributed by atoms with Crippen molar-refractivity contribution in [2.45, 2.75) is 51.7 Å². The number of carboxylic acid groups (broad SMARTS) is 1. The Hall–Kier alpha value is -4.07. The summed E-state index contributed by atoms with van der Waals surface area (Å²) in [5, 5.41) is 11.2. The monoisotopic (exact) mass is 508 g/mol. The minimum atomic E-state index is -0.999. The summed E-state index contributed by atoms with van der Waals surface area (Å²) in [5.74, 6) is -0.937. The predicted molar refractivity (Wildman–Crippen MR) is 139 cm³/mol. The third kappa shape index (κ3) is 6.58. The molecule has 2 atom stereocenters. The second kappa shape index (κ2) is 12.8. The molecule has 2 aromatic rings. The first-order valence-electron chi connectivity index (χ1n) is 12.2. The number of hydrogen-bond acceptors (Lipinski definition) is 7. The van der Waals surface area contributed by atoms with E-state index < -0.39 is 30.1 Å². The summed E-state index contributed by atoms with van der Waals surface area (Å²) in [7, 11) is 0. The molecule has 8 nitrogen and oxygen atoms in total. The Morgan fingerprint density at radius 2 is 1.38 bits per heavy atom. The van der Waals surface area contributed by atoms with Crippen molar-refractivity contribution in [2.24, 2.45) is 0 Å². The molecule has 2 unspecified atom stereocenters. The lowest BCUT2D eigenvalue weighted by molar-refractivity contribution is -0.145. The SMILES string of the molecule is C=CC(=O)OC(CC)COc1c2c(c(OCC(CC)OC(=O)C=C)c3ccccc13)CC(C(=O)O)=CC2. The van der Waals surface area contributed by atoms with Gasteiger partial charge in [0.15, 0.2) is 0 Å². The van der Waals surface area contributed by atoms with Gasteiger partial charge in [-0.15, -0.1) is 0 Å². The molecule has 0 saturated heterocycles. The molecule has 196 valence electrons. The second-order valence-corrected chi connectivity index (χ2v) is 8.54. The number of carboxylic acids is 1. The number of ether oxygens (including phenoxy) is 4. The summed E-state index contributed by atoms with van der Waals surface area (Å²) in [6.45, 7) is 10.9. The molecule has 0 aliphatic heterocycles. The van der Waals surface area contributed by atoms with Crippen LogP contribution in [-0.4, -0.2) is 48.4 Å². The largest absolute Gasteiger partial charge is 0.489 e. The zero-order valence-electron chi connectivity index (χ0n) is 21.2. The number of carbonyl (C=O) groups is 3. The summed E-state index contributed by atoms with van der Waals surface area (Å²) in [4.78, 5) is 35.2. The van der Waals surface area contributed by atoms with Gasteiger partial charge >= 0.3 is 17.9 Å². The number of esters is 2. The second-order valence-electron chi connectivity index (χ2n) is 8.54. The molecule has 0 heterocycles. The summed E-state index contributed by atoms with van der Waals surface area (Å²) in [6.07, 6.45) is 4.47. The summed E-state index contributed by atoms with van der Waals surface area (Å²) in [5.41, 5.74) is 1.77. The van der Waals surface area contributed by atoms with Crippen LogP contribution in [0.1, 0.15) is 37.8 Å². The fourth-order valence-corrected chi connectivity index (χ4v) is 4.11. The maximum absolute atomic E-state index is 11.8. The van der Waals surface area contributed by atoms with Gasteiger partial charge < -0.3 is 24.1 Å². The van der Waals surface area contributed by atoms with Crippen molar-refractivity contribution < 1.29 is 38.4 Å². The van der Waals surface area contributed by atoms with Crippen LogP contribution in [0.5, 0.6) is 11.5 Å². The van der Waals surface area contributed by atoms with Gasteiger partial charge in [0.1, 0.15) is 36.9 Å². The molecule has 0 spiro atoms. The van der Waals surface area contributed by atoms with E-state index in [-0.39, 0.29) is 25.2 Å². The van der Waals surface area contributed by atoms with E-state index in [1.165, 1.54) is 0 Å². The maximum Gasteiger partial charge on any atom is 0.331 e. The molecule has 1 aliphatic rings. The highest BCUT2D eigenvalue weighted by Gasteiger charge is 2.28. The van der Waals surface area contributed by atoms with Crippen LogP contribution in [0.2, 0.25) is 0 Å². The van der Waals surface area contributed by atoms with Gasteiger partial charge in [0.05, 0.1) is 0 Å². The number of rotatable bonds is 13. The molecule has 2 aromatic carbocycles. The third-order valence-electron chi connectivity index (χ3n) is 6.16. The van der Waals surface area contributed by atoms with Crippen LogP contribution < -0.4 is 9.47 Å². The highest BCUT2D eigenvalue weighted by Crippen LogP contribution is 2.44. The van der Waals surface area contributed by atoms with Crippen LogP contribution in [0.15, 0.2) is 61.2 Å². The van der Waals surface area contributed by atoms with Crippen molar-refractivity contribution in [3.63, 3.8) is 0 Å². The molecular formula is C29H32O8. The Morgan fingerprint density at radius 1 is 0.892 bits per heavy atom. The van der Waals surface area contributed by atoms with Gasteiger partial charge in [-0.2, -0.15) is 0 Å². The molecule has 0 aromatic heterocycles. The van der Waals surface area contributed by atoms with Gasteiger partial charge in [0.2, 0.25) is 0 Å². The van der Waals surface area contributed by atoms with Gasteiger partial charge in [-0.1, -0.05) is 57.3 Å². The molecule has 0 saturated carbocycles. The Bertz CT molecular complexity index is 1230. The third-order valence-corrected chi connectivity index (χ3v) is 6.16. The topological polar surface area (TPSA) is 108 Å². The average Bonchev–Trinajstić information content (AvgIpc) is 2.92. The van der Waals surface area contributed by atoms with E-state index >= 15 is 0 Å². The fourth-order valence-electron chi connectivity index (χ4n) is 4.11. The first-order chi connectivity index (χ1) is 17.8. The summed E-state index contributed by atoms with van der Waals surface area (Å²) in [6, 6.07) is 7.52. The quantitative estimate of drug-likeness (QED) is 0.306. The number of fused-ring (bicyclic) bond motifs is 2. The number of benzene rings is 2. The summed E-state index contributed by atoms with van der Waals surface area (Å²) >= 11 is 0. The molecule has 3 rings (SSSR count). The predicted octanol–water partition coefficient (Wildman–Crippen LogP) is 4.72. The first kappa shape index (κ1) is 27.5. The molecule has 8 heteroatoms.